The Morgan fingerprint density at radius 1 is 1.45 bits per heavy atom. The summed E-state index contributed by atoms with van der Waals surface area (Å²) in [6.45, 7) is 7.85. The molecule has 0 saturated carbocycles. The van der Waals surface area contributed by atoms with Crippen LogP contribution < -0.4 is 5.32 Å². The largest absolute Gasteiger partial charge is 0.454 e. The summed E-state index contributed by atoms with van der Waals surface area (Å²) in [5.74, 6) is 0.928. The van der Waals surface area contributed by atoms with Crippen LogP contribution in [0.1, 0.15) is 45.8 Å². The first-order chi connectivity index (χ1) is 10.3. The van der Waals surface area contributed by atoms with E-state index in [1.807, 2.05) is 37.8 Å². The number of nitrogens with zero attached hydrogens (tertiary/aromatic N) is 1. The van der Waals surface area contributed by atoms with Gasteiger partial charge in [0.2, 0.25) is 0 Å². The van der Waals surface area contributed by atoms with E-state index in [9.17, 15) is 4.79 Å². The van der Waals surface area contributed by atoms with Crippen LogP contribution in [0.15, 0.2) is 16.5 Å². The van der Waals surface area contributed by atoms with Gasteiger partial charge in [0, 0.05) is 19.1 Å². The normalized spacial score (nSPS) is 19.8. The first-order valence-electron chi connectivity index (χ1n) is 7.79. The Balaban J connectivity index is 1.87. The highest BCUT2D eigenvalue weighted by molar-refractivity contribution is 14.1. The number of ether oxygens (including phenoxy) is 1. The molecule has 1 atom stereocenters. The number of nitrogens with one attached hydrogen (secondary N) is 1. The zero-order valence-corrected chi connectivity index (χ0v) is 15.7. The van der Waals surface area contributed by atoms with Crippen molar-refractivity contribution in [2.24, 2.45) is 0 Å². The molecule has 1 unspecified atom stereocenters. The number of rotatable bonds is 3. The molecule has 2 rings (SSSR count). The van der Waals surface area contributed by atoms with Crippen molar-refractivity contribution in [2.45, 2.75) is 58.2 Å². The van der Waals surface area contributed by atoms with Crippen LogP contribution >= 0.6 is 22.6 Å². The molecule has 0 aliphatic carbocycles. The second kappa shape index (κ2) is 7.68. The van der Waals surface area contributed by atoms with Gasteiger partial charge < -0.3 is 19.4 Å². The maximum atomic E-state index is 12.2. The Morgan fingerprint density at radius 3 is 2.86 bits per heavy atom. The van der Waals surface area contributed by atoms with Gasteiger partial charge in [-0.1, -0.05) is 6.42 Å². The maximum Gasteiger partial charge on any atom is 0.410 e. The summed E-state index contributed by atoms with van der Waals surface area (Å²) >= 11 is 2.16. The third-order valence-corrected chi connectivity index (χ3v) is 4.10. The van der Waals surface area contributed by atoms with E-state index < -0.39 is 5.60 Å². The standard InChI is InChI=1S/C16H25IN2O3/c1-16(2,3)22-15(20)19-9-5-4-6-12(11-19)18-10-13-7-8-14(17)21-13/h7-8,12,18H,4-6,9-11H2,1-3H3. The van der Waals surface area contributed by atoms with E-state index in [-0.39, 0.29) is 12.1 Å². The van der Waals surface area contributed by atoms with Gasteiger partial charge in [-0.25, -0.2) is 4.79 Å². The van der Waals surface area contributed by atoms with Gasteiger partial charge in [-0.05, 0) is 68.3 Å². The van der Waals surface area contributed by atoms with Crippen molar-refractivity contribution < 1.29 is 13.9 Å². The Labute approximate surface area is 145 Å². The van der Waals surface area contributed by atoms with Gasteiger partial charge in [0.05, 0.1) is 6.54 Å². The number of carbonyl (C=O) groups excluding carboxylic acids is 1. The van der Waals surface area contributed by atoms with E-state index in [0.29, 0.717) is 13.1 Å². The first-order valence-corrected chi connectivity index (χ1v) is 8.87. The van der Waals surface area contributed by atoms with Crippen LogP contribution in [0.5, 0.6) is 0 Å². The lowest BCUT2D eigenvalue weighted by molar-refractivity contribution is 0.0243. The van der Waals surface area contributed by atoms with Crippen molar-refractivity contribution in [1.82, 2.24) is 10.2 Å². The zero-order valence-electron chi connectivity index (χ0n) is 13.5. The smallest absolute Gasteiger partial charge is 0.410 e. The van der Waals surface area contributed by atoms with E-state index >= 15 is 0 Å². The second-order valence-electron chi connectivity index (χ2n) is 6.71. The minimum absolute atomic E-state index is 0.214. The van der Waals surface area contributed by atoms with E-state index in [1.54, 1.807) is 0 Å². The van der Waals surface area contributed by atoms with Gasteiger partial charge in [-0.15, -0.1) is 0 Å². The quantitative estimate of drug-likeness (QED) is 0.757. The monoisotopic (exact) mass is 420 g/mol. The van der Waals surface area contributed by atoms with Crippen molar-refractivity contribution >= 4 is 28.7 Å². The van der Waals surface area contributed by atoms with Gasteiger partial charge in [-0.3, -0.25) is 0 Å². The number of furan rings is 1. The number of hydrogen-bond acceptors (Lipinski definition) is 4. The van der Waals surface area contributed by atoms with Crippen molar-refractivity contribution in [3.05, 3.63) is 21.7 Å². The Bertz CT molecular complexity index is 496. The van der Waals surface area contributed by atoms with Gasteiger partial charge in [0.15, 0.2) is 3.77 Å². The van der Waals surface area contributed by atoms with E-state index in [2.05, 4.69) is 27.9 Å². The summed E-state index contributed by atoms with van der Waals surface area (Å²) < 4.78 is 11.9. The maximum absolute atomic E-state index is 12.2. The molecular formula is C16H25IN2O3. The van der Waals surface area contributed by atoms with Crippen LogP contribution in [-0.2, 0) is 11.3 Å². The van der Waals surface area contributed by atoms with Crippen LogP contribution in [0.2, 0.25) is 0 Å². The minimum Gasteiger partial charge on any atom is -0.454 e. The predicted octanol–water partition coefficient (Wildman–Crippen LogP) is 3.76. The van der Waals surface area contributed by atoms with Gasteiger partial charge in [0.1, 0.15) is 11.4 Å². The summed E-state index contributed by atoms with van der Waals surface area (Å²) in [5.41, 5.74) is -0.447. The molecule has 6 heteroatoms. The SMILES string of the molecule is CC(C)(C)OC(=O)N1CCCCC(NCc2ccc(I)o2)C1. The number of carbonyl (C=O) groups is 1. The first kappa shape index (κ1) is 17.6. The molecule has 2 heterocycles. The molecule has 1 aromatic rings. The molecule has 0 spiro atoms. The van der Waals surface area contributed by atoms with Crippen LogP contribution in [0.3, 0.4) is 0 Å². The molecule has 124 valence electrons. The van der Waals surface area contributed by atoms with E-state index in [4.69, 9.17) is 9.15 Å². The molecule has 1 saturated heterocycles. The topological polar surface area (TPSA) is 54.7 Å². The van der Waals surface area contributed by atoms with E-state index in [1.165, 1.54) is 0 Å². The molecule has 0 bridgehead atoms. The Morgan fingerprint density at radius 2 is 2.23 bits per heavy atom. The van der Waals surface area contributed by atoms with Crippen LogP contribution in [-0.4, -0.2) is 35.7 Å². The van der Waals surface area contributed by atoms with Crippen molar-refractivity contribution in [2.75, 3.05) is 13.1 Å². The highest BCUT2D eigenvalue weighted by atomic mass is 127. The Hall–Kier alpha value is -0.760. The second-order valence-corrected chi connectivity index (χ2v) is 7.77. The summed E-state index contributed by atoms with van der Waals surface area (Å²) in [6, 6.07) is 4.21. The van der Waals surface area contributed by atoms with Crippen LogP contribution in [0.25, 0.3) is 0 Å². The summed E-state index contributed by atoms with van der Waals surface area (Å²) in [6.07, 6.45) is 2.99. The van der Waals surface area contributed by atoms with Crippen molar-refractivity contribution in [3.8, 4) is 0 Å². The molecule has 1 fully saturated rings. The highest BCUT2D eigenvalue weighted by Gasteiger charge is 2.26. The molecule has 1 amide bonds. The van der Waals surface area contributed by atoms with Crippen LogP contribution in [0.4, 0.5) is 4.79 Å². The minimum atomic E-state index is -0.447. The average molecular weight is 420 g/mol. The number of halogens is 1. The summed E-state index contributed by atoms with van der Waals surface area (Å²) in [5, 5.41) is 3.49. The van der Waals surface area contributed by atoms with Gasteiger partial charge >= 0.3 is 6.09 Å². The summed E-state index contributed by atoms with van der Waals surface area (Å²) in [7, 11) is 0. The molecule has 0 radical (unpaired) electrons. The lowest BCUT2D eigenvalue weighted by Gasteiger charge is -2.28. The van der Waals surface area contributed by atoms with Gasteiger partial charge in [-0.2, -0.15) is 0 Å². The lowest BCUT2D eigenvalue weighted by Crippen LogP contribution is -2.44. The fraction of sp³-hybridized carbons (Fsp3) is 0.688. The van der Waals surface area contributed by atoms with Crippen molar-refractivity contribution in [3.63, 3.8) is 0 Å². The Kier molecular flexibility index (Phi) is 6.14. The van der Waals surface area contributed by atoms with Crippen molar-refractivity contribution in [1.29, 1.82) is 0 Å². The van der Waals surface area contributed by atoms with Gasteiger partial charge in [0.25, 0.3) is 0 Å². The number of likely N-dealkylation sites (tertiary alicyclic amines) is 1. The molecule has 22 heavy (non-hydrogen) atoms. The third kappa shape index (κ3) is 5.79. The molecule has 1 N–H and O–H groups in total. The molecule has 0 aromatic carbocycles. The lowest BCUT2D eigenvalue weighted by atomic mass is 10.1. The molecule has 1 aromatic heterocycles. The molecule has 1 aliphatic heterocycles. The summed E-state index contributed by atoms with van der Waals surface area (Å²) in [4.78, 5) is 14.1. The number of amides is 1. The zero-order chi connectivity index (χ0) is 16.2. The average Bonchev–Trinajstić information content (AvgIpc) is 2.69. The molecule has 5 nitrogen and oxygen atoms in total. The van der Waals surface area contributed by atoms with Crippen LogP contribution in [0, 0.1) is 3.77 Å². The fourth-order valence-corrected chi connectivity index (χ4v) is 2.96. The highest BCUT2D eigenvalue weighted by Crippen LogP contribution is 2.16. The third-order valence-electron chi connectivity index (χ3n) is 3.52. The predicted molar refractivity (Wildman–Crippen MR) is 93.7 cm³/mol. The van der Waals surface area contributed by atoms with E-state index in [0.717, 1.165) is 35.3 Å². The molecule has 1 aliphatic rings. The molecular weight excluding hydrogens is 395 g/mol. The number of hydrogen-bond donors (Lipinski definition) is 1. The fourth-order valence-electron chi connectivity index (χ4n) is 2.49.